The molecule has 7 nitrogen and oxygen atoms in total. The summed E-state index contributed by atoms with van der Waals surface area (Å²) in [6.07, 6.45) is 0. The number of nitrogens with two attached hydrogens (primary N) is 1. The van der Waals surface area contributed by atoms with Crippen LogP contribution in [0.15, 0.2) is 53.7 Å². The van der Waals surface area contributed by atoms with Crippen molar-refractivity contribution in [2.45, 2.75) is 17.3 Å². The number of rotatable bonds is 5. The number of aromatic nitrogens is 3. The van der Waals surface area contributed by atoms with E-state index >= 15 is 0 Å². The standard InChI is InChI=1S/C18H15F2N5O2S/c1-10(16(26)22-17(21)27)28-18-24-23-15(11-5-3-2-4-6-11)25(18)14-8-7-12(19)9-13(14)20/h2-10H,1H3,(H3,21,22,26,27). The van der Waals surface area contributed by atoms with Crippen molar-refractivity contribution < 1.29 is 18.4 Å². The third-order valence-electron chi connectivity index (χ3n) is 3.71. The van der Waals surface area contributed by atoms with E-state index in [0.29, 0.717) is 11.4 Å². The molecule has 144 valence electrons. The number of thioether (sulfide) groups is 1. The SMILES string of the molecule is CC(Sc1nnc(-c2ccccc2)n1-c1ccc(F)cc1F)C(=O)NC(N)=O. The molecule has 28 heavy (non-hydrogen) atoms. The van der Waals surface area contributed by atoms with Crippen LogP contribution in [-0.2, 0) is 4.79 Å². The summed E-state index contributed by atoms with van der Waals surface area (Å²) in [5.74, 6) is -1.85. The molecule has 0 radical (unpaired) electrons. The van der Waals surface area contributed by atoms with E-state index in [1.54, 1.807) is 24.3 Å². The summed E-state index contributed by atoms with van der Waals surface area (Å²) in [5.41, 5.74) is 5.64. The van der Waals surface area contributed by atoms with Gasteiger partial charge in [-0.2, -0.15) is 0 Å². The van der Waals surface area contributed by atoms with Crippen LogP contribution in [0.25, 0.3) is 17.1 Å². The molecular formula is C18H15F2N5O2S. The summed E-state index contributed by atoms with van der Waals surface area (Å²) < 4.78 is 29.3. The predicted octanol–water partition coefficient (Wildman–Crippen LogP) is 2.89. The van der Waals surface area contributed by atoms with E-state index in [-0.39, 0.29) is 10.8 Å². The number of benzene rings is 2. The number of carbonyl (C=O) groups is 2. The Hall–Kier alpha value is -3.27. The topological polar surface area (TPSA) is 103 Å². The van der Waals surface area contributed by atoms with Gasteiger partial charge in [-0.15, -0.1) is 10.2 Å². The summed E-state index contributed by atoms with van der Waals surface area (Å²) in [6.45, 7) is 1.53. The molecule has 10 heteroatoms. The number of hydrogen-bond acceptors (Lipinski definition) is 5. The van der Waals surface area contributed by atoms with Gasteiger partial charge in [0.15, 0.2) is 11.0 Å². The minimum Gasteiger partial charge on any atom is -0.351 e. The number of hydrogen-bond donors (Lipinski definition) is 2. The largest absolute Gasteiger partial charge is 0.351 e. The molecule has 0 saturated heterocycles. The van der Waals surface area contributed by atoms with Crippen LogP contribution in [0.3, 0.4) is 0 Å². The van der Waals surface area contributed by atoms with E-state index in [0.717, 1.165) is 23.9 Å². The third-order valence-corrected chi connectivity index (χ3v) is 4.76. The fourth-order valence-electron chi connectivity index (χ4n) is 2.43. The number of amides is 3. The first kappa shape index (κ1) is 19.5. The first-order chi connectivity index (χ1) is 13.4. The molecular weight excluding hydrogens is 388 g/mol. The first-order valence-electron chi connectivity index (χ1n) is 8.10. The average Bonchev–Trinajstić information content (AvgIpc) is 3.05. The fraction of sp³-hybridized carbons (Fsp3) is 0.111. The summed E-state index contributed by atoms with van der Waals surface area (Å²) in [6, 6.07) is 11.1. The monoisotopic (exact) mass is 403 g/mol. The van der Waals surface area contributed by atoms with Crippen molar-refractivity contribution in [1.82, 2.24) is 20.1 Å². The number of primary amides is 1. The Morgan fingerprint density at radius 2 is 1.86 bits per heavy atom. The van der Waals surface area contributed by atoms with Gasteiger partial charge in [0, 0.05) is 11.6 Å². The van der Waals surface area contributed by atoms with E-state index in [2.05, 4.69) is 10.2 Å². The van der Waals surface area contributed by atoms with Crippen LogP contribution < -0.4 is 11.1 Å². The first-order valence-corrected chi connectivity index (χ1v) is 8.98. The molecule has 1 heterocycles. The molecule has 3 rings (SSSR count). The smallest absolute Gasteiger partial charge is 0.318 e. The Morgan fingerprint density at radius 1 is 1.14 bits per heavy atom. The maximum Gasteiger partial charge on any atom is 0.318 e. The highest BCUT2D eigenvalue weighted by atomic mass is 32.2. The Balaban J connectivity index is 2.07. The van der Waals surface area contributed by atoms with E-state index in [9.17, 15) is 18.4 Å². The van der Waals surface area contributed by atoms with Crippen molar-refractivity contribution in [3.63, 3.8) is 0 Å². The van der Waals surface area contributed by atoms with Crippen LogP contribution in [0.4, 0.5) is 13.6 Å². The molecule has 0 aliphatic rings. The number of nitrogens with one attached hydrogen (secondary N) is 1. The number of urea groups is 1. The summed E-state index contributed by atoms with van der Waals surface area (Å²) in [5, 5.41) is 9.55. The lowest BCUT2D eigenvalue weighted by Crippen LogP contribution is -2.39. The lowest BCUT2D eigenvalue weighted by molar-refractivity contribution is -0.119. The van der Waals surface area contributed by atoms with Crippen molar-refractivity contribution in [3.05, 3.63) is 60.2 Å². The molecule has 0 aliphatic heterocycles. The summed E-state index contributed by atoms with van der Waals surface area (Å²) in [4.78, 5) is 22.9. The van der Waals surface area contributed by atoms with Gasteiger partial charge in [-0.3, -0.25) is 14.7 Å². The maximum atomic E-state index is 14.5. The van der Waals surface area contributed by atoms with E-state index < -0.39 is 28.8 Å². The fourth-order valence-corrected chi connectivity index (χ4v) is 3.30. The van der Waals surface area contributed by atoms with Gasteiger partial charge in [0.05, 0.1) is 10.9 Å². The van der Waals surface area contributed by atoms with Gasteiger partial charge in [0.2, 0.25) is 5.91 Å². The molecule has 1 unspecified atom stereocenters. The van der Waals surface area contributed by atoms with Crippen molar-refractivity contribution in [2.24, 2.45) is 5.73 Å². The highest BCUT2D eigenvalue weighted by molar-refractivity contribution is 8.00. The number of nitrogens with zero attached hydrogens (tertiary/aromatic N) is 3. The van der Waals surface area contributed by atoms with Crippen LogP contribution in [-0.4, -0.2) is 32.0 Å². The Morgan fingerprint density at radius 3 is 2.50 bits per heavy atom. The third kappa shape index (κ3) is 4.17. The normalized spacial score (nSPS) is 11.8. The summed E-state index contributed by atoms with van der Waals surface area (Å²) >= 11 is 0.953. The average molecular weight is 403 g/mol. The zero-order chi connectivity index (χ0) is 20.3. The van der Waals surface area contributed by atoms with Crippen molar-refractivity contribution in [3.8, 4) is 17.1 Å². The highest BCUT2D eigenvalue weighted by Gasteiger charge is 2.24. The number of halogens is 2. The van der Waals surface area contributed by atoms with Crippen LogP contribution in [0.5, 0.6) is 0 Å². The van der Waals surface area contributed by atoms with Crippen LogP contribution in [0.2, 0.25) is 0 Å². The van der Waals surface area contributed by atoms with E-state index in [1.807, 2.05) is 11.4 Å². The molecule has 0 saturated carbocycles. The molecule has 0 spiro atoms. The second kappa shape index (κ2) is 8.17. The lowest BCUT2D eigenvalue weighted by Gasteiger charge is -2.13. The van der Waals surface area contributed by atoms with E-state index in [1.165, 1.54) is 17.6 Å². The zero-order valence-corrected chi connectivity index (χ0v) is 15.4. The minimum absolute atomic E-state index is 0.0234. The van der Waals surface area contributed by atoms with Crippen LogP contribution in [0, 0.1) is 11.6 Å². The Kier molecular flexibility index (Phi) is 5.69. The predicted molar refractivity (Wildman–Crippen MR) is 99.8 cm³/mol. The van der Waals surface area contributed by atoms with Gasteiger partial charge in [-0.1, -0.05) is 42.1 Å². The second-order valence-electron chi connectivity index (χ2n) is 5.72. The van der Waals surface area contributed by atoms with Gasteiger partial charge in [-0.25, -0.2) is 13.6 Å². The van der Waals surface area contributed by atoms with Gasteiger partial charge >= 0.3 is 6.03 Å². The van der Waals surface area contributed by atoms with Crippen LogP contribution in [0.1, 0.15) is 6.92 Å². The van der Waals surface area contributed by atoms with Crippen molar-refractivity contribution in [1.29, 1.82) is 0 Å². The number of carbonyl (C=O) groups excluding carboxylic acids is 2. The minimum atomic E-state index is -0.978. The second-order valence-corrected chi connectivity index (χ2v) is 7.02. The zero-order valence-electron chi connectivity index (χ0n) is 14.6. The Bertz CT molecular complexity index is 1030. The summed E-state index contributed by atoms with van der Waals surface area (Å²) in [7, 11) is 0. The molecule has 3 N–H and O–H groups in total. The van der Waals surface area contributed by atoms with Gasteiger partial charge < -0.3 is 5.73 Å². The van der Waals surface area contributed by atoms with Gasteiger partial charge in [0.25, 0.3) is 0 Å². The quantitative estimate of drug-likeness (QED) is 0.638. The number of imide groups is 1. The molecule has 3 aromatic rings. The maximum absolute atomic E-state index is 14.5. The van der Waals surface area contributed by atoms with E-state index in [4.69, 9.17) is 5.73 Å². The molecule has 1 aromatic heterocycles. The highest BCUT2D eigenvalue weighted by Crippen LogP contribution is 2.31. The Labute approximate surface area is 162 Å². The lowest BCUT2D eigenvalue weighted by atomic mass is 10.2. The van der Waals surface area contributed by atoms with Crippen LogP contribution >= 0.6 is 11.8 Å². The van der Waals surface area contributed by atoms with Gasteiger partial charge in [0.1, 0.15) is 11.6 Å². The van der Waals surface area contributed by atoms with Crippen molar-refractivity contribution in [2.75, 3.05) is 0 Å². The molecule has 2 aromatic carbocycles. The molecule has 3 amide bonds. The molecule has 0 fully saturated rings. The van der Waals surface area contributed by atoms with Gasteiger partial charge in [-0.05, 0) is 19.1 Å². The molecule has 0 aliphatic carbocycles. The van der Waals surface area contributed by atoms with Crippen molar-refractivity contribution >= 4 is 23.7 Å². The molecule has 1 atom stereocenters. The molecule has 0 bridgehead atoms.